The van der Waals surface area contributed by atoms with E-state index in [1.54, 1.807) is 18.2 Å². The summed E-state index contributed by atoms with van der Waals surface area (Å²) in [6, 6.07) is 24.5. The van der Waals surface area contributed by atoms with Gasteiger partial charge in [-0.05, 0) is 73.7 Å². The standard InChI is InChI=1S/C30H29N5O4/c31-17-20-8-15-25-26(16-20)35(18-19-6-11-23(12-7-19)38-22-4-2-1-3-5-22)28(27(25)32)29(36)34-21-9-13-24(14-10-21)39-30(33)37/h1-8,11-12,15-16,21,24H,9-10,13-14,18,32H2,(H2,33,37)(H,34,36)/t21-,24-. The number of rotatable bonds is 7. The molecule has 0 saturated heterocycles. The number of ether oxygens (including phenoxy) is 2. The topological polar surface area (TPSA) is 145 Å². The lowest BCUT2D eigenvalue weighted by Gasteiger charge is -2.28. The van der Waals surface area contributed by atoms with Gasteiger partial charge in [0, 0.05) is 18.0 Å². The van der Waals surface area contributed by atoms with Crippen LogP contribution in [0.15, 0.2) is 72.8 Å². The van der Waals surface area contributed by atoms with Gasteiger partial charge in [-0.1, -0.05) is 30.3 Å². The van der Waals surface area contributed by atoms with E-state index in [1.165, 1.54) is 0 Å². The van der Waals surface area contributed by atoms with Crippen molar-refractivity contribution < 1.29 is 19.1 Å². The van der Waals surface area contributed by atoms with Crippen molar-refractivity contribution in [2.45, 2.75) is 44.4 Å². The van der Waals surface area contributed by atoms with E-state index in [0.29, 0.717) is 65.8 Å². The molecule has 1 aliphatic rings. The Morgan fingerprint density at radius 2 is 1.67 bits per heavy atom. The predicted octanol–water partition coefficient (Wildman–Crippen LogP) is 5.07. The lowest BCUT2D eigenvalue weighted by atomic mass is 9.93. The van der Waals surface area contributed by atoms with E-state index in [2.05, 4.69) is 11.4 Å². The smallest absolute Gasteiger partial charge is 0.404 e. The minimum absolute atomic E-state index is 0.0832. The van der Waals surface area contributed by atoms with Gasteiger partial charge in [0.1, 0.15) is 23.3 Å². The second-order valence-corrected chi connectivity index (χ2v) is 9.64. The van der Waals surface area contributed by atoms with Gasteiger partial charge < -0.3 is 30.8 Å². The summed E-state index contributed by atoms with van der Waals surface area (Å²) < 4.78 is 12.9. The first-order valence-corrected chi connectivity index (χ1v) is 12.8. The number of benzene rings is 3. The highest BCUT2D eigenvalue weighted by atomic mass is 16.6. The maximum atomic E-state index is 13.6. The average molecular weight is 524 g/mol. The summed E-state index contributed by atoms with van der Waals surface area (Å²) in [5.74, 6) is 1.15. The van der Waals surface area contributed by atoms with E-state index in [1.807, 2.05) is 59.2 Å². The first kappa shape index (κ1) is 25.7. The Morgan fingerprint density at radius 1 is 0.974 bits per heavy atom. The number of nitrogens with one attached hydrogen (secondary N) is 1. The zero-order valence-electron chi connectivity index (χ0n) is 21.3. The number of nitrogens with zero attached hydrogens (tertiary/aromatic N) is 2. The van der Waals surface area contributed by atoms with Crippen LogP contribution in [0.3, 0.4) is 0 Å². The second kappa shape index (κ2) is 11.2. The highest BCUT2D eigenvalue weighted by Crippen LogP contribution is 2.32. The SMILES string of the molecule is N#Cc1ccc2c(N)c(C(=O)N[C@H]3CC[C@H](OC(N)=O)CC3)n(Cc3ccc(Oc4ccccc4)cc3)c2c1. The average Bonchev–Trinajstić information content (AvgIpc) is 3.21. The summed E-state index contributed by atoms with van der Waals surface area (Å²) in [5, 5.41) is 13.3. The summed E-state index contributed by atoms with van der Waals surface area (Å²) in [6.07, 6.45) is 1.54. The first-order valence-electron chi connectivity index (χ1n) is 12.8. The van der Waals surface area contributed by atoms with Gasteiger partial charge in [0.25, 0.3) is 5.91 Å². The molecule has 0 bridgehead atoms. The fraction of sp³-hybridized carbons (Fsp3) is 0.233. The van der Waals surface area contributed by atoms with Crippen LogP contribution >= 0.6 is 0 Å². The van der Waals surface area contributed by atoms with Crippen molar-refractivity contribution in [3.63, 3.8) is 0 Å². The van der Waals surface area contributed by atoms with Gasteiger partial charge in [0.05, 0.1) is 22.8 Å². The lowest BCUT2D eigenvalue weighted by molar-refractivity contribution is 0.0708. The third kappa shape index (κ3) is 5.80. The second-order valence-electron chi connectivity index (χ2n) is 9.64. The van der Waals surface area contributed by atoms with Crippen LogP contribution in [-0.2, 0) is 11.3 Å². The molecule has 0 atom stereocenters. The summed E-state index contributed by atoms with van der Waals surface area (Å²) in [4.78, 5) is 24.6. The van der Waals surface area contributed by atoms with Crippen LogP contribution in [-0.4, -0.2) is 28.7 Å². The van der Waals surface area contributed by atoms with Crippen molar-refractivity contribution in [2.24, 2.45) is 5.73 Å². The number of fused-ring (bicyclic) bond motifs is 1. The predicted molar refractivity (Wildman–Crippen MR) is 147 cm³/mol. The number of carbonyl (C=O) groups is 2. The Morgan fingerprint density at radius 3 is 2.33 bits per heavy atom. The van der Waals surface area contributed by atoms with Crippen LogP contribution in [0.25, 0.3) is 10.9 Å². The van der Waals surface area contributed by atoms with Crippen LogP contribution in [0.2, 0.25) is 0 Å². The molecule has 198 valence electrons. The van der Waals surface area contributed by atoms with E-state index in [4.69, 9.17) is 20.9 Å². The monoisotopic (exact) mass is 523 g/mol. The molecular weight excluding hydrogens is 494 g/mol. The fourth-order valence-electron chi connectivity index (χ4n) is 5.07. The Bertz CT molecular complexity index is 1530. The Hall–Kier alpha value is -4.97. The zero-order chi connectivity index (χ0) is 27.4. The third-order valence-corrected chi connectivity index (χ3v) is 6.98. The summed E-state index contributed by atoms with van der Waals surface area (Å²) in [6.45, 7) is 0.371. The minimum Gasteiger partial charge on any atom is -0.457 e. The molecule has 5 N–H and O–H groups in total. The molecule has 0 unspecified atom stereocenters. The summed E-state index contributed by atoms with van der Waals surface area (Å²) in [5.41, 5.74) is 14.5. The quantitative estimate of drug-likeness (QED) is 0.308. The molecule has 1 saturated carbocycles. The molecule has 0 spiro atoms. The number of primary amides is 1. The number of nitriles is 1. The number of amides is 2. The number of hydrogen-bond donors (Lipinski definition) is 3. The molecule has 1 heterocycles. The molecule has 5 rings (SSSR count). The van der Waals surface area contributed by atoms with Gasteiger partial charge in [-0.3, -0.25) is 4.79 Å². The van der Waals surface area contributed by atoms with E-state index >= 15 is 0 Å². The minimum atomic E-state index is -0.781. The first-order chi connectivity index (χ1) is 18.9. The molecule has 1 aromatic heterocycles. The number of hydrogen-bond acceptors (Lipinski definition) is 6. The normalized spacial score (nSPS) is 16.8. The number of para-hydroxylation sites is 1. The van der Waals surface area contributed by atoms with Crippen molar-refractivity contribution >= 4 is 28.6 Å². The van der Waals surface area contributed by atoms with E-state index in [9.17, 15) is 14.9 Å². The van der Waals surface area contributed by atoms with Crippen LogP contribution < -0.4 is 21.5 Å². The van der Waals surface area contributed by atoms with Crippen molar-refractivity contribution in [1.82, 2.24) is 9.88 Å². The molecule has 9 heteroatoms. The van der Waals surface area contributed by atoms with Crippen LogP contribution in [0, 0.1) is 11.3 Å². The Kier molecular flexibility index (Phi) is 7.37. The van der Waals surface area contributed by atoms with Gasteiger partial charge in [-0.15, -0.1) is 0 Å². The third-order valence-electron chi connectivity index (χ3n) is 6.98. The van der Waals surface area contributed by atoms with Crippen molar-refractivity contribution in [2.75, 3.05) is 5.73 Å². The molecular formula is C30H29N5O4. The summed E-state index contributed by atoms with van der Waals surface area (Å²) in [7, 11) is 0. The van der Waals surface area contributed by atoms with E-state index in [0.717, 1.165) is 11.3 Å². The molecule has 2 amide bonds. The molecule has 9 nitrogen and oxygen atoms in total. The van der Waals surface area contributed by atoms with Crippen LogP contribution in [0.4, 0.5) is 10.5 Å². The summed E-state index contributed by atoms with van der Waals surface area (Å²) >= 11 is 0. The molecule has 1 fully saturated rings. The lowest BCUT2D eigenvalue weighted by Crippen LogP contribution is -2.40. The van der Waals surface area contributed by atoms with Gasteiger partial charge in [-0.25, -0.2) is 4.79 Å². The van der Waals surface area contributed by atoms with Crippen LogP contribution in [0.5, 0.6) is 11.5 Å². The van der Waals surface area contributed by atoms with Crippen LogP contribution in [0.1, 0.15) is 47.3 Å². The van der Waals surface area contributed by atoms with Crippen molar-refractivity contribution in [3.8, 4) is 17.6 Å². The van der Waals surface area contributed by atoms with Crippen molar-refractivity contribution in [3.05, 3.63) is 89.6 Å². The molecule has 4 aromatic rings. The number of nitrogen functional groups attached to an aromatic ring is 1. The van der Waals surface area contributed by atoms with E-state index in [-0.39, 0.29) is 18.1 Å². The number of anilines is 1. The maximum Gasteiger partial charge on any atom is 0.404 e. The van der Waals surface area contributed by atoms with Gasteiger partial charge in [-0.2, -0.15) is 5.26 Å². The number of aromatic nitrogens is 1. The molecule has 3 aromatic carbocycles. The maximum absolute atomic E-state index is 13.6. The molecule has 1 aliphatic carbocycles. The fourth-order valence-corrected chi connectivity index (χ4v) is 5.07. The van der Waals surface area contributed by atoms with E-state index < -0.39 is 6.09 Å². The van der Waals surface area contributed by atoms with Crippen molar-refractivity contribution in [1.29, 1.82) is 5.26 Å². The molecule has 0 radical (unpaired) electrons. The zero-order valence-corrected chi connectivity index (χ0v) is 21.3. The molecule has 39 heavy (non-hydrogen) atoms. The van der Waals surface area contributed by atoms with Gasteiger partial charge in [0.2, 0.25) is 0 Å². The largest absolute Gasteiger partial charge is 0.457 e. The van der Waals surface area contributed by atoms with Gasteiger partial charge in [0.15, 0.2) is 0 Å². The van der Waals surface area contributed by atoms with Gasteiger partial charge >= 0.3 is 6.09 Å². The number of carbonyl (C=O) groups excluding carboxylic acids is 2. The Balaban J connectivity index is 1.40. The highest BCUT2D eigenvalue weighted by molar-refractivity contribution is 6.08. The molecule has 0 aliphatic heterocycles. The highest BCUT2D eigenvalue weighted by Gasteiger charge is 2.28. The number of nitrogens with two attached hydrogens (primary N) is 2. The Labute approximate surface area is 225 Å².